The van der Waals surface area contributed by atoms with Gasteiger partial charge >= 0.3 is 0 Å². The molecule has 1 N–H and O–H groups in total. The van der Waals surface area contributed by atoms with Crippen LogP contribution in [-0.4, -0.2) is 69.6 Å². The Bertz CT molecular complexity index is 418. The minimum absolute atomic E-state index is 0.0102. The zero-order valence-electron chi connectivity index (χ0n) is 11.8. The number of ether oxygens (including phenoxy) is 1. The Hall–Kier alpha value is -0.660. The van der Waals surface area contributed by atoms with Gasteiger partial charge in [0, 0.05) is 13.1 Å². The smallest absolute Gasteiger partial charge is 0.224 e. The average Bonchev–Trinajstić information content (AvgIpc) is 2.61. The van der Waals surface area contributed by atoms with E-state index in [0.717, 1.165) is 25.9 Å². The lowest BCUT2D eigenvalue weighted by Gasteiger charge is -2.24. The van der Waals surface area contributed by atoms with E-state index in [2.05, 4.69) is 5.32 Å². The van der Waals surface area contributed by atoms with Crippen LogP contribution in [0.4, 0.5) is 0 Å². The first-order valence-corrected chi connectivity index (χ1v) is 9.19. The second kappa shape index (κ2) is 7.38. The Morgan fingerprint density at radius 1 is 1.20 bits per heavy atom. The molecular formula is C13H24N2O4S. The second-order valence-electron chi connectivity index (χ2n) is 5.46. The molecule has 2 heterocycles. The van der Waals surface area contributed by atoms with Crippen LogP contribution >= 0.6 is 0 Å². The second-order valence-corrected chi connectivity index (χ2v) is 7.76. The van der Waals surface area contributed by atoms with Crippen LogP contribution < -0.4 is 5.32 Å². The monoisotopic (exact) mass is 304 g/mol. The average molecular weight is 304 g/mol. The molecule has 0 atom stereocenters. The number of carbonyl (C=O) groups is 1. The maximum Gasteiger partial charge on any atom is 0.224 e. The lowest BCUT2D eigenvalue weighted by molar-refractivity contribution is -0.132. The largest absolute Gasteiger partial charge is 0.378 e. The Morgan fingerprint density at radius 2 is 1.95 bits per heavy atom. The SMILES string of the molecule is O=C(CCOC1CCNCC1)N1CCCS(=O)(=O)CC1. The summed E-state index contributed by atoms with van der Waals surface area (Å²) in [6.45, 7) is 3.26. The van der Waals surface area contributed by atoms with Crippen LogP contribution in [0.1, 0.15) is 25.7 Å². The molecule has 2 saturated heterocycles. The van der Waals surface area contributed by atoms with E-state index in [1.165, 1.54) is 0 Å². The molecule has 1 amide bonds. The van der Waals surface area contributed by atoms with E-state index in [0.29, 0.717) is 32.5 Å². The van der Waals surface area contributed by atoms with Crippen LogP contribution in [0.2, 0.25) is 0 Å². The van der Waals surface area contributed by atoms with Crippen LogP contribution in [0, 0.1) is 0 Å². The van der Waals surface area contributed by atoms with E-state index in [-0.39, 0.29) is 23.5 Å². The molecule has 0 bridgehead atoms. The lowest BCUT2D eigenvalue weighted by atomic mass is 10.1. The molecule has 0 aromatic rings. The van der Waals surface area contributed by atoms with Crippen LogP contribution in [0.5, 0.6) is 0 Å². The predicted octanol–water partition coefficient (Wildman–Crippen LogP) is -0.208. The normalized spacial score (nSPS) is 24.3. The summed E-state index contributed by atoms with van der Waals surface area (Å²) in [7, 11) is -2.96. The zero-order chi connectivity index (χ0) is 14.4. The fraction of sp³-hybridized carbons (Fsp3) is 0.923. The van der Waals surface area contributed by atoms with E-state index >= 15 is 0 Å². The summed E-state index contributed by atoms with van der Waals surface area (Å²) in [5.74, 6) is 0.298. The molecule has 116 valence electrons. The van der Waals surface area contributed by atoms with Crippen molar-refractivity contribution in [2.75, 3.05) is 44.3 Å². The quantitative estimate of drug-likeness (QED) is 0.778. The first-order chi connectivity index (χ1) is 9.57. The van der Waals surface area contributed by atoms with Crippen molar-refractivity contribution >= 4 is 15.7 Å². The number of hydrogen-bond donors (Lipinski definition) is 1. The van der Waals surface area contributed by atoms with Crippen molar-refractivity contribution in [3.05, 3.63) is 0 Å². The van der Waals surface area contributed by atoms with Crippen LogP contribution in [0.25, 0.3) is 0 Å². The van der Waals surface area contributed by atoms with E-state index < -0.39 is 9.84 Å². The van der Waals surface area contributed by atoms with E-state index in [1.54, 1.807) is 4.90 Å². The Morgan fingerprint density at radius 3 is 2.70 bits per heavy atom. The van der Waals surface area contributed by atoms with Gasteiger partial charge in [0.1, 0.15) is 0 Å². The van der Waals surface area contributed by atoms with Gasteiger partial charge in [-0.05, 0) is 32.4 Å². The van der Waals surface area contributed by atoms with Crippen molar-refractivity contribution in [3.8, 4) is 0 Å². The van der Waals surface area contributed by atoms with Gasteiger partial charge in [-0.25, -0.2) is 8.42 Å². The van der Waals surface area contributed by atoms with Crippen LogP contribution in [-0.2, 0) is 19.4 Å². The highest BCUT2D eigenvalue weighted by molar-refractivity contribution is 7.91. The molecule has 2 aliphatic rings. The van der Waals surface area contributed by atoms with Crippen molar-refractivity contribution in [2.45, 2.75) is 31.8 Å². The van der Waals surface area contributed by atoms with Gasteiger partial charge in [-0.2, -0.15) is 0 Å². The number of hydrogen-bond acceptors (Lipinski definition) is 5. The third kappa shape index (κ3) is 5.03. The third-order valence-corrected chi connectivity index (χ3v) is 5.58. The molecule has 0 spiro atoms. The van der Waals surface area contributed by atoms with Gasteiger partial charge in [0.2, 0.25) is 5.91 Å². The lowest BCUT2D eigenvalue weighted by Crippen LogP contribution is -2.35. The number of carbonyl (C=O) groups excluding carboxylic acids is 1. The fourth-order valence-corrected chi connectivity index (χ4v) is 3.89. The van der Waals surface area contributed by atoms with Gasteiger partial charge in [0.25, 0.3) is 0 Å². The minimum Gasteiger partial charge on any atom is -0.378 e. The molecule has 0 aromatic carbocycles. The molecule has 0 radical (unpaired) electrons. The van der Waals surface area contributed by atoms with Gasteiger partial charge < -0.3 is 15.0 Å². The standard InChI is InChI=1S/C13H24N2O4S/c16-13(4-9-19-12-2-5-14-6-3-12)15-7-1-10-20(17,18)11-8-15/h12,14H,1-11H2. The molecule has 0 saturated carbocycles. The number of amides is 1. The highest BCUT2D eigenvalue weighted by atomic mass is 32.2. The highest BCUT2D eigenvalue weighted by Gasteiger charge is 2.22. The van der Waals surface area contributed by atoms with Crippen molar-refractivity contribution in [2.24, 2.45) is 0 Å². The topological polar surface area (TPSA) is 75.7 Å². The Kier molecular flexibility index (Phi) is 5.80. The van der Waals surface area contributed by atoms with Gasteiger partial charge in [-0.3, -0.25) is 4.79 Å². The summed E-state index contributed by atoms with van der Waals surface area (Å²) in [5.41, 5.74) is 0. The van der Waals surface area contributed by atoms with E-state index in [9.17, 15) is 13.2 Å². The molecule has 0 unspecified atom stereocenters. The first kappa shape index (κ1) is 15.7. The highest BCUT2D eigenvalue weighted by Crippen LogP contribution is 2.10. The van der Waals surface area contributed by atoms with Crippen molar-refractivity contribution in [1.29, 1.82) is 0 Å². The number of sulfone groups is 1. The Labute approximate surface area is 120 Å². The number of rotatable bonds is 4. The molecule has 2 fully saturated rings. The maximum atomic E-state index is 12.0. The predicted molar refractivity (Wildman–Crippen MR) is 76.3 cm³/mol. The van der Waals surface area contributed by atoms with Gasteiger partial charge in [0.15, 0.2) is 9.84 Å². The summed E-state index contributed by atoms with van der Waals surface area (Å²) in [6, 6.07) is 0. The van der Waals surface area contributed by atoms with Gasteiger partial charge in [0.05, 0.1) is 30.6 Å². The molecule has 0 aliphatic carbocycles. The molecular weight excluding hydrogens is 280 g/mol. The molecule has 7 heteroatoms. The Balaban J connectivity index is 1.68. The summed E-state index contributed by atoms with van der Waals surface area (Å²) in [4.78, 5) is 13.7. The molecule has 2 aliphatic heterocycles. The first-order valence-electron chi connectivity index (χ1n) is 7.37. The van der Waals surface area contributed by atoms with Gasteiger partial charge in [-0.15, -0.1) is 0 Å². The number of nitrogens with one attached hydrogen (secondary N) is 1. The summed E-state index contributed by atoms with van der Waals surface area (Å²) >= 11 is 0. The van der Waals surface area contributed by atoms with Gasteiger partial charge in [-0.1, -0.05) is 0 Å². The summed E-state index contributed by atoms with van der Waals surface area (Å²) in [6.07, 6.45) is 3.15. The summed E-state index contributed by atoms with van der Waals surface area (Å²) in [5, 5.41) is 3.27. The van der Waals surface area contributed by atoms with Crippen molar-refractivity contribution < 1.29 is 17.9 Å². The number of piperidine rings is 1. The third-order valence-electron chi connectivity index (χ3n) is 3.86. The molecule has 0 aromatic heterocycles. The van der Waals surface area contributed by atoms with E-state index in [4.69, 9.17) is 4.74 Å². The fourth-order valence-electron chi connectivity index (χ4n) is 2.62. The maximum absolute atomic E-state index is 12.0. The molecule has 20 heavy (non-hydrogen) atoms. The van der Waals surface area contributed by atoms with Crippen LogP contribution in [0.3, 0.4) is 0 Å². The minimum atomic E-state index is -2.96. The zero-order valence-corrected chi connectivity index (χ0v) is 12.7. The number of nitrogens with zero attached hydrogens (tertiary/aromatic N) is 1. The molecule has 2 rings (SSSR count). The van der Waals surface area contributed by atoms with E-state index in [1.807, 2.05) is 0 Å². The summed E-state index contributed by atoms with van der Waals surface area (Å²) < 4.78 is 28.7. The van der Waals surface area contributed by atoms with Crippen LogP contribution in [0.15, 0.2) is 0 Å². The van der Waals surface area contributed by atoms with Crippen molar-refractivity contribution in [3.63, 3.8) is 0 Å². The van der Waals surface area contributed by atoms with Crippen molar-refractivity contribution in [1.82, 2.24) is 10.2 Å². The molecule has 6 nitrogen and oxygen atoms in total.